The lowest BCUT2D eigenvalue weighted by Gasteiger charge is -2.20. The van der Waals surface area contributed by atoms with E-state index < -0.39 is 0 Å². The van der Waals surface area contributed by atoms with Gasteiger partial charge in [-0.15, -0.1) is 0 Å². The van der Waals surface area contributed by atoms with Gasteiger partial charge in [0.05, 0.1) is 0 Å². The number of benzene rings is 1. The molecule has 0 saturated carbocycles. The van der Waals surface area contributed by atoms with Crippen LogP contribution in [0.5, 0.6) is 0 Å². The summed E-state index contributed by atoms with van der Waals surface area (Å²) in [5.74, 6) is 0. The van der Waals surface area contributed by atoms with Crippen molar-refractivity contribution in [2.75, 3.05) is 11.9 Å². The minimum atomic E-state index is 0.329. The van der Waals surface area contributed by atoms with Crippen LogP contribution in [0.4, 0.5) is 5.69 Å². The van der Waals surface area contributed by atoms with Crippen LogP contribution in [0.15, 0.2) is 18.2 Å². The molecule has 1 rings (SSSR count). The van der Waals surface area contributed by atoms with E-state index in [-0.39, 0.29) is 0 Å². The molecule has 0 aliphatic carbocycles. The van der Waals surface area contributed by atoms with Crippen LogP contribution in [0.1, 0.15) is 26.3 Å². The number of anilines is 1. The quantitative estimate of drug-likeness (QED) is 0.813. The van der Waals surface area contributed by atoms with E-state index in [2.05, 4.69) is 73.8 Å². The molecule has 0 heterocycles. The summed E-state index contributed by atoms with van der Waals surface area (Å²) >= 11 is 2.34. The Kier molecular flexibility index (Phi) is 3.81. The van der Waals surface area contributed by atoms with Gasteiger partial charge in [0.1, 0.15) is 0 Å². The fraction of sp³-hybridized carbons (Fsp3) is 0.500. The van der Waals surface area contributed by atoms with Gasteiger partial charge in [-0.1, -0.05) is 20.8 Å². The molecule has 1 N–H and O–H groups in total. The zero-order chi connectivity index (χ0) is 10.8. The predicted molar refractivity (Wildman–Crippen MR) is 71.8 cm³/mol. The summed E-state index contributed by atoms with van der Waals surface area (Å²) in [6.45, 7) is 9.87. The highest BCUT2D eigenvalue weighted by Gasteiger charge is 2.09. The Morgan fingerprint density at radius 2 is 1.93 bits per heavy atom. The van der Waals surface area contributed by atoms with Gasteiger partial charge in [0.2, 0.25) is 0 Å². The van der Waals surface area contributed by atoms with Crippen LogP contribution in [-0.4, -0.2) is 6.54 Å². The van der Waals surface area contributed by atoms with Crippen LogP contribution in [-0.2, 0) is 0 Å². The van der Waals surface area contributed by atoms with E-state index in [0.717, 1.165) is 6.54 Å². The molecular weight excluding hydrogens is 285 g/mol. The van der Waals surface area contributed by atoms with E-state index in [9.17, 15) is 0 Å². The van der Waals surface area contributed by atoms with Crippen molar-refractivity contribution in [3.05, 3.63) is 27.3 Å². The van der Waals surface area contributed by atoms with Gasteiger partial charge in [0.25, 0.3) is 0 Å². The van der Waals surface area contributed by atoms with Crippen molar-refractivity contribution in [2.24, 2.45) is 5.41 Å². The smallest absolute Gasteiger partial charge is 0.0370 e. The van der Waals surface area contributed by atoms with Gasteiger partial charge < -0.3 is 5.32 Å². The first-order valence-electron chi connectivity index (χ1n) is 4.88. The molecule has 78 valence electrons. The van der Waals surface area contributed by atoms with Crippen molar-refractivity contribution in [1.29, 1.82) is 0 Å². The molecule has 0 spiro atoms. The van der Waals surface area contributed by atoms with Crippen molar-refractivity contribution >= 4 is 28.3 Å². The maximum Gasteiger partial charge on any atom is 0.0370 e. The third-order valence-corrected chi connectivity index (χ3v) is 2.67. The lowest BCUT2D eigenvalue weighted by Crippen LogP contribution is -2.19. The molecule has 2 heteroatoms. The van der Waals surface area contributed by atoms with Crippen molar-refractivity contribution < 1.29 is 0 Å². The third kappa shape index (κ3) is 3.86. The molecule has 0 saturated heterocycles. The van der Waals surface area contributed by atoms with Crippen molar-refractivity contribution in [3.8, 4) is 0 Å². The Hall–Kier alpha value is -0.250. The Bertz CT molecular complexity index is 313. The van der Waals surface area contributed by atoms with E-state index in [4.69, 9.17) is 0 Å². The van der Waals surface area contributed by atoms with Crippen LogP contribution in [0.3, 0.4) is 0 Å². The minimum absolute atomic E-state index is 0.329. The summed E-state index contributed by atoms with van der Waals surface area (Å²) in [5.41, 5.74) is 2.90. The maximum atomic E-state index is 3.48. The van der Waals surface area contributed by atoms with E-state index in [1.165, 1.54) is 14.8 Å². The minimum Gasteiger partial charge on any atom is -0.384 e. The molecule has 1 aromatic carbocycles. The normalized spacial score (nSPS) is 11.5. The van der Waals surface area contributed by atoms with Crippen molar-refractivity contribution in [1.82, 2.24) is 0 Å². The Morgan fingerprint density at radius 1 is 1.29 bits per heavy atom. The van der Waals surface area contributed by atoms with Crippen LogP contribution in [0, 0.1) is 15.9 Å². The SMILES string of the molecule is Cc1cc(I)ccc1NCC(C)(C)C. The molecule has 14 heavy (non-hydrogen) atoms. The number of hydrogen-bond acceptors (Lipinski definition) is 1. The van der Waals surface area contributed by atoms with Crippen LogP contribution in [0.2, 0.25) is 0 Å². The van der Waals surface area contributed by atoms with Crippen LogP contribution in [0.25, 0.3) is 0 Å². The summed E-state index contributed by atoms with van der Waals surface area (Å²) in [6, 6.07) is 6.49. The highest BCUT2D eigenvalue weighted by atomic mass is 127. The standard InChI is InChI=1S/C12H18IN/c1-9-7-10(13)5-6-11(9)14-8-12(2,3)4/h5-7,14H,8H2,1-4H3. The van der Waals surface area contributed by atoms with Gasteiger partial charge in [0.15, 0.2) is 0 Å². The zero-order valence-electron chi connectivity index (χ0n) is 9.32. The first-order valence-corrected chi connectivity index (χ1v) is 5.96. The number of aryl methyl sites for hydroxylation is 1. The molecular formula is C12H18IN. The fourth-order valence-corrected chi connectivity index (χ4v) is 1.83. The Balaban J connectivity index is 2.68. The lowest BCUT2D eigenvalue weighted by molar-refractivity contribution is 0.443. The first kappa shape index (κ1) is 11.8. The Labute approximate surface area is 100 Å². The molecule has 0 aromatic heterocycles. The molecule has 0 bridgehead atoms. The maximum absolute atomic E-state index is 3.48. The van der Waals surface area contributed by atoms with E-state index in [1.54, 1.807) is 0 Å². The van der Waals surface area contributed by atoms with Crippen molar-refractivity contribution in [3.63, 3.8) is 0 Å². The molecule has 0 aliphatic rings. The van der Waals surface area contributed by atoms with Crippen molar-refractivity contribution in [2.45, 2.75) is 27.7 Å². The largest absolute Gasteiger partial charge is 0.384 e. The molecule has 1 aromatic rings. The first-order chi connectivity index (χ1) is 6.38. The number of rotatable bonds is 2. The molecule has 0 radical (unpaired) electrons. The second-order valence-electron chi connectivity index (χ2n) is 4.87. The fourth-order valence-electron chi connectivity index (χ4n) is 1.19. The van der Waals surface area contributed by atoms with Gasteiger partial charge in [-0.25, -0.2) is 0 Å². The summed E-state index contributed by atoms with van der Waals surface area (Å²) in [6.07, 6.45) is 0. The molecule has 0 aliphatic heterocycles. The molecule has 0 unspecified atom stereocenters. The van der Waals surface area contributed by atoms with E-state index in [0.29, 0.717) is 5.41 Å². The summed E-state index contributed by atoms with van der Waals surface area (Å²) in [7, 11) is 0. The second kappa shape index (κ2) is 4.51. The number of halogens is 1. The number of nitrogens with one attached hydrogen (secondary N) is 1. The molecule has 0 atom stereocenters. The van der Waals surface area contributed by atoms with Gasteiger partial charge in [-0.3, -0.25) is 0 Å². The average molecular weight is 303 g/mol. The van der Waals surface area contributed by atoms with Crippen LogP contribution < -0.4 is 5.32 Å². The molecule has 0 fully saturated rings. The van der Waals surface area contributed by atoms with Gasteiger partial charge in [0, 0.05) is 15.8 Å². The highest BCUT2D eigenvalue weighted by Crippen LogP contribution is 2.20. The van der Waals surface area contributed by atoms with Crippen LogP contribution >= 0.6 is 22.6 Å². The topological polar surface area (TPSA) is 12.0 Å². The van der Waals surface area contributed by atoms with Gasteiger partial charge >= 0.3 is 0 Å². The summed E-state index contributed by atoms with van der Waals surface area (Å²) in [4.78, 5) is 0. The highest BCUT2D eigenvalue weighted by molar-refractivity contribution is 14.1. The predicted octanol–water partition coefficient (Wildman–Crippen LogP) is 4.06. The molecule has 1 nitrogen and oxygen atoms in total. The number of hydrogen-bond donors (Lipinski definition) is 1. The summed E-state index contributed by atoms with van der Waals surface area (Å²) in [5, 5.41) is 3.48. The van der Waals surface area contributed by atoms with E-state index >= 15 is 0 Å². The summed E-state index contributed by atoms with van der Waals surface area (Å²) < 4.78 is 1.29. The molecule has 0 amide bonds. The van der Waals surface area contributed by atoms with Gasteiger partial charge in [-0.05, 0) is 58.7 Å². The average Bonchev–Trinajstić information content (AvgIpc) is 2.00. The lowest BCUT2D eigenvalue weighted by atomic mass is 9.97. The third-order valence-electron chi connectivity index (χ3n) is 2.00. The Morgan fingerprint density at radius 3 is 2.43 bits per heavy atom. The monoisotopic (exact) mass is 303 g/mol. The second-order valence-corrected chi connectivity index (χ2v) is 6.12. The van der Waals surface area contributed by atoms with Gasteiger partial charge in [-0.2, -0.15) is 0 Å². The van der Waals surface area contributed by atoms with E-state index in [1.807, 2.05) is 0 Å². The zero-order valence-corrected chi connectivity index (χ0v) is 11.5.